The van der Waals surface area contributed by atoms with Gasteiger partial charge >= 0.3 is 0 Å². The van der Waals surface area contributed by atoms with E-state index < -0.39 is 55.2 Å². The molecule has 0 heterocycles. The molecule has 8 atom stereocenters. The summed E-state index contributed by atoms with van der Waals surface area (Å²) in [6.07, 6.45) is 6.17. The minimum Gasteiger partial charge on any atom is -0.392 e. The molecule has 0 saturated heterocycles. The number of fused-ring (bicyclic) bond motifs is 4. The summed E-state index contributed by atoms with van der Waals surface area (Å²) >= 11 is 0. The lowest BCUT2D eigenvalue weighted by Crippen LogP contribution is -2.57. The van der Waals surface area contributed by atoms with Crippen molar-refractivity contribution in [2.45, 2.75) is 116 Å². The van der Waals surface area contributed by atoms with Gasteiger partial charge in [0.15, 0.2) is 0 Å². The topological polar surface area (TPSA) is 133 Å². The Bertz CT molecular complexity index is 1000. The quantitative estimate of drug-likeness (QED) is 0.370. The van der Waals surface area contributed by atoms with Gasteiger partial charge in [-0.2, -0.15) is 0 Å². The molecule has 5 aliphatic rings. The molecule has 0 spiro atoms. The van der Waals surface area contributed by atoms with Crippen molar-refractivity contribution in [2.24, 2.45) is 33.5 Å². The molecule has 4 bridgehead atoms. The van der Waals surface area contributed by atoms with Crippen molar-refractivity contribution in [1.29, 1.82) is 0 Å². The van der Waals surface area contributed by atoms with E-state index in [9.17, 15) is 27.0 Å². The average Bonchev–Trinajstić information content (AvgIpc) is 3.27. The molecule has 0 aromatic heterocycles. The van der Waals surface area contributed by atoms with E-state index in [1.54, 1.807) is 0 Å². The molecule has 4 N–H and O–H groups in total. The van der Waals surface area contributed by atoms with Crippen LogP contribution < -0.4 is 9.44 Å². The molecule has 0 amide bonds. The van der Waals surface area contributed by atoms with Crippen LogP contribution in [0, 0.1) is 33.5 Å². The summed E-state index contributed by atoms with van der Waals surface area (Å²) < 4.78 is 59.6. The molecule has 5 rings (SSSR count). The summed E-state index contributed by atoms with van der Waals surface area (Å²) in [6.45, 7) is 8.33. The first-order valence-corrected chi connectivity index (χ1v) is 17.2. The van der Waals surface area contributed by atoms with Crippen molar-refractivity contribution < 1.29 is 27.0 Å². The highest BCUT2D eigenvalue weighted by atomic mass is 32.2. The Hall–Kier alpha value is -0.260. The van der Waals surface area contributed by atoms with Gasteiger partial charge < -0.3 is 10.2 Å². The van der Waals surface area contributed by atoms with E-state index in [2.05, 4.69) is 37.1 Å². The monoisotopic (exact) mass is 546 g/mol. The third-order valence-corrected chi connectivity index (χ3v) is 15.2. The average molecular weight is 547 g/mol. The van der Waals surface area contributed by atoms with Gasteiger partial charge in [-0.15, -0.1) is 0 Å². The summed E-state index contributed by atoms with van der Waals surface area (Å²) in [5, 5.41) is 21.7. The maximum Gasteiger partial charge on any atom is 0.212 e. The smallest absolute Gasteiger partial charge is 0.212 e. The van der Waals surface area contributed by atoms with Crippen LogP contribution in [0.2, 0.25) is 0 Å². The second-order valence-corrected chi connectivity index (χ2v) is 17.5. The highest BCUT2D eigenvalue weighted by Gasteiger charge is 2.66. The fourth-order valence-corrected chi connectivity index (χ4v) is 13.8. The van der Waals surface area contributed by atoms with Gasteiger partial charge in [0.25, 0.3) is 0 Å². The molecule has 0 aliphatic heterocycles. The lowest BCUT2D eigenvalue weighted by Gasteiger charge is -2.42. The van der Waals surface area contributed by atoms with Gasteiger partial charge in [0.1, 0.15) is 0 Å². The Morgan fingerprint density at radius 3 is 1.31 bits per heavy atom. The first-order valence-electron chi connectivity index (χ1n) is 13.9. The Morgan fingerprint density at radius 1 is 0.667 bits per heavy atom. The maximum absolute atomic E-state index is 13.5. The second-order valence-electron chi connectivity index (χ2n) is 14.0. The summed E-state index contributed by atoms with van der Waals surface area (Å²) in [5.74, 6) is 0.431. The number of sulfonamides is 2. The SMILES string of the molecule is CC1(C)[C@H]2CC[C@]1(CS(=O)(=O)N[C@H]1CCCC[C@H]1NS(=O)(=O)C[C@]13CC[C@@H](C[C@@H]1O)C3(C)C)[C@@H](O)C2. The third-order valence-electron chi connectivity index (χ3n) is 12.1. The van der Waals surface area contributed by atoms with E-state index in [1.807, 2.05) is 0 Å². The first kappa shape index (κ1) is 27.3. The molecule has 36 heavy (non-hydrogen) atoms. The van der Waals surface area contributed by atoms with Crippen LogP contribution in [0.4, 0.5) is 0 Å². The van der Waals surface area contributed by atoms with E-state index in [0.29, 0.717) is 50.4 Å². The second kappa shape index (κ2) is 8.62. The Morgan fingerprint density at radius 2 is 1.03 bits per heavy atom. The summed E-state index contributed by atoms with van der Waals surface area (Å²) in [4.78, 5) is 0. The zero-order valence-electron chi connectivity index (χ0n) is 22.3. The van der Waals surface area contributed by atoms with E-state index in [0.717, 1.165) is 25.7 Å². The summed E-state index contributed by atoms with van der Waals surface area (Å²) in [5.41, 5.74) is -1.81. The molecule has 0 unspecified atom stereocenters. The number of nitrogens with one attached hydrogen (secondary N) is 2. The molecule has 10 heteroatoms. The number of rotatable bonds is 8. The molecule has 0 aromatic rings. The molecule has 5 saturated carbocycles. The van der Waals surface area contributed by atoms with Crippen LogP contribution in [-0.2, 0) is 20.0 Å². The molecule has 5 fully saturated rings. The van der Waals surface area contributed by atoms with E-state index in [1.165, 1.54) is 0 Å². The minimum atomic E-state index is -3.75. The Labute approximate surface area is 217 Å². The van der Waals surface area contributed by atoms with Crippen molar-refractivity contribution in [1.82, 2.24) is 9.44 Å². The number of hydrogen-bond acceptors (Lipinski definition) is 6. The van der Waals surface area contributed by atoms with Crippen LogP contribution in [0.25, 0.3) is 0 Å². The number of aliphatic hydroxyl groups excluding tert-OH is 2. The predicted octanol–water partition coefficient (Wildman–Crippen LogP) is 2.51. The first-order chi connectivity index (χ1) is 16.6. The van der Waals surface area contributed by atoms with E-state index in [-0.39, 0.29) is 22.3 Å². The summed E-state index contributed by atoms with van der Waals surface area (Å²) in [7, 11) is -7.49. The highest BCUT2D eigenvalue weighted by molar-refractivity contribution is 7.89. The van der Waals surface area contributed by atoms with Crippen molar-refractivity contribution in [2.75, 3.05) is 11.5 Å². The maximum atomic E-state index is 13.5. The fourth-order valence-electron chi connectivity index (χ4n) is 9.39. The van der Waals surface area contributed by atoms with Crippen LogP contribution in [0.5, 0.6) is 0 Å². The van der Waals surface area contributed by atoms with Crippen LogP contribution in [-0.4, -0.2) is 62.8 Å². The normalized spacial score (nSPS) is 45.4. The zero-order valence-corrected chi connectivity index (χ0v) is 23.9. The van der Waals surface area contributed by atoms with Crippen molar-refractivity contribution in [3.63, 3.8) is 0 Å². The van der Waals surface area contributed by atoms with E-state index in [4.69, 9.17) is 0 Å². The minimum absolute atomic E-state index is 0.120. The lowest BCUT2D eigenvalue weighted by atomic mass is 9.70. The molecule has 0 radical (unpaired) electrons. The van der Waals surface area contributed by atoms with Gasteiger partial charge in [-0.3, -0.25) is 0 Å². The molecule has 0 aromatic carbocycles. The molecule has 5 aliphatic carbocycles. The molecular formula is C26H46N2O6S2. The van der Waals surface area contributed by atoms with Crippen LogP contribution in [0.3, 0.4) is 0 Å². The number of aliphatic hydroxyl groups is 2. The van der Waals surface area contributed by atoms with E-state index >= 15 is 0 Å². The molecule has 208 valence electrons. The molecule has 8 nitrogen and oxygen atoms in total. The van der Waals surface area contributed by atoms with Crippen LogP contribution in [0.15, 0.2) is 0 Å². The third kappa shape index (κ3) is 4.03. The van der Waals surface area contributed by atoms with Gasteiger partial charge in [-0.05, 0) is 74.0 Å². The van der Waals surface area contributed by atoms with Gasteiger partial charge in [-0.25, -0.2) is 26.3 Å². The predicted molar refractivity (Wildman–Crippen MR) is 139 cm³/mol. The lowest BCUT2D eigenvalue weighted by molar-refractivity contribution is 0.0148. The number of hydrogen-bond donors (Lipinski definition) is 4. The van der Waals surface area contributed by atoms with Gasteiger partial charge in [0, 0.05) is 22.9 Å². The summed E-state index contributed by atoms with van der Waals surface area (Å²) in [6, 6.07) is -1.02. The van der Waals surface area contributed by atoms with Crippen molar-refractivity contribution >= 4 is 20.0 Å². The fraction of sp³-hybridized carbons (Fsp3) is 1.00. The van der Waals surface area contributed by atoms with Crippen LogP contribution >= 0.6 is 0 Å². The van der Waals surface area contributed by atoms with Gasteiger partial charge in [0.2, 0.25) is 20.0 Å². The van der Waals surface area contributed by atoms with Gasteiger partial charge in [-0.1, -0.05) is 40.5 Å². The Balaban J connectivity index is 1.30. The van der Waals surface area contributed by atoms with Crippen LogP contribution in [0.1, 0.15) is 91.9 Å². The Kier molecular flexibility index (Phi) is 6.54. The largest absolute Gasteiger partial charge is 0.392 e. The standard InChI is InChI=1S/C26H46N2O6S2/c1-23(2)17-9-11-25(23,21(29)13-17)15-35(31,32)27-19-7-5-6-8-20(19)28-36(33,34)16-26-12-10-18(14-22(26)30)24(26,3)4/h17-22,27-30H,5-16H2,1-4H3/t17-,18-,19-,20+,21-,22-,25-,26+/m0/s1. The van der Waals surface area contributed by atoms with Crippen molar-refractivity contribution in [3.8, 4) is 0 Å². The zero-order chi connectivity index (χ0) is 26.4. The van der Waals surface area contributed by atoms with Gasteiger partial charge in [0.05, 0.1) is 23.7 Å². The molecular weight excluding hydrogens is 500 g/mol. The van der Waals surface area contributed by atoms with Crippen molar-refractivity contribution in [3.05, 3.63) is 0 Å². The highest BCUT2D eigenvalue weighted by Crippen LogP contribution is 2.67.